The molecule has 1 N–H and O–H groups in total. The van der Waals surface area contributed by atoms with E-state index in [1.54, 1.807) is 18.7 Å². The molecule has 1 aliphatic heterocycles. The molecule has 0 atom stereocenters. The van der Waals surface area contributed by atoms with Gasteiger partial charge in [0.05, 0.1) is 22.7 Å². The highest BCUT2D eigenvalue weighted by Crippen LogP contribution is 2.49. The number of likely N-dealkylation sites (tertiary alicyclic amines) is 1. The van der Waals surface area contributed by atoms with Crippen molar-refractivity contribution in [3.63, 3.8) is 0 Å². The van der Waals surface area contributed by atoms with E-state index in [9.17, 15) is 22.9 Å². The van der Waals surface area contributed by atoms with Gasteiger partial charge in [-0.2, -0.15) is 5.26 Å². The quantitative estimate of drug-likeness (QED) is 0.424. The molecule has 1 saturated heterocycles. The molecule has 14 heteroatoms. The van der Waals surface area contributed by atoms with Gasteiger partial charge in [0, 0.05) is 43.6 Å². The number of hydrogen-bond donors (Lipinski definition) is 1. The topological polar surface area (TPSA) is 133 Å². The number of nitriles is 1. The van der Waals surface area contributed by atoms with Crippen molar-refractivity contribution in [2.45, 2.75) is 73.9 Å². The molecule has 3 aliphatic rings. The fourth-order valence-corrected chi connectivity index (χ4v) is 7.70. The van der Waals surface area contributed by atoms with Crippen LogP contribution in [0, 0.1) is 17.2 Å². The van der Waals surface area contributed by atoms with E-state index in [0.29, 0.717) is 41.4 Å². The molecule has 0 bridgehead atoms. The van der Waals surface area contributed by atoms with E-state index < -0.39 is 33.3 Å². The SMILES string of the molecule is CC(C)C(=O)N1CCC(F)(c2cc(S(=O)(=O)NC3(CF)CC3)cn3c(-c4nnc(C5(C#N)CC5)s4)cnc23)CC1. The largest absolute Gasteiger partial charge is 0.342 e. The Hall–Kier alpha value is -3.02. The van der Waals surface area contributed by atoms with Crippen LogP contribution in [0.5, 0.6) is 0 Å². The number of nitrogens with one attached hydrogen (secondary N) is 1. The van der Waals surface area contributed by atoms with Gasteiger partial charge in [0.1, 0.15) is 34.1 Å². The maximum absolute atomic E-state index is 16.8. The number of rotatable bonds is 8. The first-order valence-corrected chi connectivity index (χ1v) is 15.6. The minimum atomic E-state index is -4.22. The maximum atomic E-state index is 16.8. The molecule has 40 heavy (non-hydrogen) atoms. The van der Waals surface area contributed by atoms with Crippen LogP contribution in [0.25, 0.3) is 16.3 Å². The summed E-state index contributed by atoms with van der Waals surface area (Å²) in [7, 11) is -4.22. The van der Waals surface area contributed by atoms with E-state index in [2.05, 4.69) is 26.0 Å². The van der Waals surface area contributed by atoms with Crippen molar-refractivity contribution in [1.29, 1.82) is 5.26 Å². The molecular weight excluding hydrogens is 560 g/mol. The third kappa shape index (κ3) is 4.48. The van der Waals surface area contributed by atoms with Crippen molar-refractivity contribution in [3.05, 3.63) is 29.0 Å². The third-order valence-electron chi connectivity index (χ3n) is 8.21. The van der Waals surface area contributed by atoms with Gasteiger partial charge >= 0.3 is 0 Å². The molecular formula is C26H29F2N7O3S2. The summed E-state index contributed by atoms with van der Waals surface area (Å²) < 4.78 is 61.2. The number of piperidine rings is 1. The first-order valence-electron chi connectivity index (χ1n) is 13.3. The second-order valence-electron chi connectivity index (χ2n) is 11.5. The number of imidazole rings is 1. The summed E-state index contributed by atoms with van der Waals surface area (Å²) in [6, 6.07) is 3.57. The Bertz CT molecular complexity index is 1640. The van der Waals surface area contributed by atoms with Gasteiger partial charge in [0.2, 0.25) is 15.9 Å². The van der Waals surface area contributed by atoms with Crippen LogP contribution in [-0.4, -0.2) is 64.1 Å². The van der Waals surface area contributed by atoms with Gasteiger partial charge in [-0.25, -0.2) is 26.9 Å². The second-order valence-corrected chi connectivity index (χ2v) is 14.2. The third-order valence-corrected chi connectivity index (χ3v) is 10.9. The van der Waals surface area contributed by atoms with Crippen molar-refractivity contribution < 1.29 is 22.0 Å². The van der Waals surface area contributed by atoms with Crippen molar-refractivity contribution in [2.24, 2.45) is 5.92 Å². The highest BCUT2D eigenvalue weighted by molar-refractivity contribution is 7.89. The van der Waals surface area contributed by atoms with E-state index in [1.165, 1.54) is 34.2 Å². The van der Waals surface area contributed by atoms with Crippen molar-refractivity contribution in [3.8, 4) is 16.8 Å². The standard InChI is InChI=1S/C26H29F2N7O3S2/c1-16(2)22(36)34-9-7-26(28,8-10-34)18-11-17(40(37,38)33-25(14-27)5-6-25)13-35-19(12-30-20(18)35)21-31-32-23(39-21)24(15-29)3-4-24/h11-13,16,33H,3-10,14H2,1-2H3. The lowest BCUT2D eigenvalue weighted by Crippen LogP contribution is -2.45. The second kappa shape index (κ2) is 9.25. The zero-order valence-corrected chi connectivity index (χ0v) is 23.8. The van der Waals surface area contributed by atoms with Gasteiger partial charge in [0.25, 0.3) is 0 Å². The average Bonchev–Trinajstić information content (AvgIpc) is 3.80. The van der Waals surface area contributed by atoms with Gasteiger partial charge in [-0.05, 0) is 31.7 Å². The maximum Gasteiger partial charge on any atom is 0.242 e. The number of fused-ring (bicyclic) bond motifs is 1. The van der Waals surface area contributed by atoms with E-state index in [-0.39, 0.29) is 53.9 Å². The predicted octanol–water partition coefficient (Wildman–Crippen LogP) is 3.63. The lowest BCUT2D eigenvalue weighted by Gasteiger charge is -2.37. The summed E-state index contributed by atoms with van der Waals surface area (Å²) in [4.78, 5) is 18.4. The molecule has 212 valence electrons. The predicted molar refractivity (Wildman–Crippen MR) is 142 cm³/mol. The molecule has 6 rings (SSSR count). The lowest BCUT2D eigenvalue weighted by atomic mass is 9.86. The van der Waals surface area contributed by atoms with Crippen LogP contribution < -0.4 is 4.72 Å². The Morgan fingerprint density at radius 2 is 1.90 bits per heavy atom. The Balaban J connectivity index is 1.44. The van der Waals surface area contributed by atoms with E-state index in [4.69, 9.17) is 0 Å². The number of alkyl halides is 2. The first-order chi connectivity index (χ1) is 18.9. The fraction of sp³-hybridized carbons (Fsp3) is 0.577. The minimum absolute atomic E-state index is 0.0255. The monoisotopic (exact) mass is 589 g/mol. The molecule has 0 unspecified atom stereocenters. The zero-order chi connectivity index (χ0) is 28.5. The smallest absolute Gasteiger partial charge is 0.242 e. The summed E-state index contributed by atoms with van der Waals surface area (Å²) in [6.45, 7) is 3.12. The van der Waals surface area contributed by atoms with Crippen LogP contribution in [0.2, 0.25) is 0 Å². The van der Waals surface area contributed by atoms with Crippen LogP contribution in [0.15, 0.2) is 23.4 Å². The normalized spacial score (nSPS) is 20.9. The average molecular weight is 590 g/mol. The molecule has 3 aromatic rings. The number of sulfonamides is 1. The Morgan fingerprint density at radius 3 is 2.48 bits per heavy atom. The highest BCUT2D eigenvalue weighted by Gasteiger charge is 2.49. The van der Waals surface area contributed by atoms with Crippen molar-refractivity contribution in [1.82, 2.24) is 29.2 Å². The molecule has 2 aliphatic carbocycles. The number of pyridine rings is 1. The molecule has 3 fully saturated rings. The highest BCUT2D eigenvalue weighted by atomic mass is 32.2. The lowest BCUT2D eigenvalue weighted by molar-refractivity contribution is -0.137. The van der Waals surface area contributed by atoms with Crippen LogP contribution >= 0.6 is 11.3 Å². The summed E-state index contributed by atoms with van der Waals surface area (Å²) in [6.07, 6.45) is 4.94. The molecule has 0 radical (unpaired) electrons. The first kappa shape index (κ1) is 27.2. The summed E-state index contributed by atoms with van der Waals surface area (Å²) >= 11 is 1.23. The van der Waals surface area contributed by atoms with Crippen LogP contribution in [0.4, 0.5) is 8.78 Å². The molecule has 0 aromatic carbocycles. The molecule has 10 nitrogen and oxygen atoms in total. The summed E-state index contributed by atoms with van der Waals surface area (Å²) in [5.74, 6) is -0.277. The number of carbonyl (C=O) groups is 1. The van der Waals surface area contributed by atoms with Crippen molar-refractivity contribution >= 4 is 32.9 Å². The molecule has 1 amide bonds. The van der Waals surface area contributed by atoms with Gasteiger partial charge in [-0.1, -0.05) is 25.2 Å². The van der Waals surface area contributed by atoms with E-state index >= 15 is 4.39 Å². The van der Waals surface area contributed by atoms with Gasteiger partial charge in [0.15, 0.2) is 5.01 Å². The Labute approximate surface area is 234 Å². The van der Waals surface area contributed by atoms with E-state index in [1.807, 2.05) is 0 Å². The van der Waals surface area contributed by atoms with Gasteiger partial charge in [-0.3, -0.25) is 9.20 Å². The molecule has 0 spiro atoms. The van der Waals surface area contributed by atoms with Crippen LogP contribution in [-0.2, 0) is 25.9 Å². The number of carbonyl (C=O) groups excluding carboxylic acids is 1. The number of hydrogen-bond acceptors (Lipinski definition) is 8. The van der Waals surface area contributed by atoms with E-state index in [0.717, 1.165) is 0 Å². The fourth-order valence-electron chi connectivity index (χ4n) is 5.19. The molecule has 4 heterocycles. The summed E-state index contributed by atoms with van der Waals surface area (Å²) in [5.41, 5.74) is -3.01. The minimum Gasteiger partial charge on any atom is -0.342 e. The number of amides is 1. The van der Waals surface area contributed by atoms with Gasteiger partial charge in [-0.15, -0.1) is 10.2 Å². The van der Waals surface area contributed by atoms with Gasteiger partial charge < -0.3 is 4.90 Å². The van der Waals surface area contributed by atoms with Crippen LogP contribution in [0.1, 0.15) is 62.9 Å². The Morgan fingerprint density at radius 1 is 1.20 bits per heavy atom. The molecule has 2 saturated carbocycles. The number of nitrogens with zero attached hydrogens (tertiary/aromatic N) is 6. The Kier molecular flexibility index (Phi) is 6.28. The van der Waals surface area contributed by atoms with Crippen molar-refractivity contribution in [2.75, 3.05) is 19.8 Å². The molecule has 3 aromatic heterocycles. The number of halogens is 2. The van der Waals surface area contributed by atoms with Crippen LogP contribution in [0.3, 0.4) is 0 Å². The number of aromatic nitrogens is 4. The zero-order valence-electron chi connectivity index (χ0n) is 22.2. The summed E-state index contributed by atoms with van der Waals surface area (Å²) in [5, 5.41) is 19.0.